The number of fused-ring (bicyclic) bond motifs is 1. The number of benzene rings is 1. The Labute approximate surface area is 214 Å². The summed E-state index contributed by atoms with van der Waals surface area (Å²) in [6.07, 6.45) is 7.43. The highest BCUT2D eigenvalue weighted by atomic mass is 79.9. The molecule has 176 valence electrons. The lowest BCUT2D eigenvalue weighted by Crippen LogP contribution is -2.34. The normalized spacial score (nSPS) is 19.6. The molecular formula is C24H22BrN3O4S2. The summed E-state index contributed by atoms with van der Waals surface area (Å²) in [6, 6.07) is 9.50. The number of amides is 2. The van der Waals surface area contributed by atoms with Crippen molar-refractivity contribution in [3.8, 4) is 0 Å². The van der Waals surface area contributed by atoms with Crippen LogP contribution < -0.4 is 5.32 Å². The Balaban J connectivity index is 1.38. The molecule has 0 saturated carbocycles. The monoisotopic (exact) mass is 559 g/mol. The van der Waals surface area contributed by atoms with Gasteiger partial charge in [0.2, 0.25) is 5.91 Å². The summed E-state index contributed by atoms with van der Waals surface area (Å²) in [5.41, 5.74) is 1.76. The first-order chi connectivity index (χ1) is 16.5. The van der Waals surface area contributed by atoms with Crippen LogP contribution in [0.1, 0.15) is 24.2 Å². The van der Waals surface area contributed by atoms with Gasteiger partial charge in [-0.05, 0) is 49.2 Å². The molecule has 0 spiro atoms. The molecule has 2 aliphatic heterocycles. The number of hydrogen-bond acceptors (Lipinski definition) is 6. The topological polar surface area (TPSA) is 76.7 Å². The molecule has 2 aromatic heterocycles. The fraction of sp³-hybridized carbons (Fsp3) is 0.292. The van der Waals surface area contributed by atoms with E-state index in [9.17, 15) is 9.59 Å². The summed E-state index contributed by atoms with van der Waals surface area (Å²) in [6.45, 7) is 1.76. The summed E-state index contributed by atoms with van der Waals surface area (Å²) in [5, 5.41) is 3.91. The summed E-state index contributed by atoms with van der Waals surface area (Å²) >= 11 is 10.2. The van der Waals surface area contributed by atoms with Crippen molar-refractivity contribution in [1.29, 1.82) is 0 Å². The SMILES string of the molecule is O=C(Cn1cc(/C=C2\SC(=S)N(Cc3ccco3)C2=O)c2cc(Br)ccc21)NC[C@@H]1CCCO1. The van der Waals surface area contributed by atoms with Gasteiger partial charge >= 0.3 is 0 Å². The van der Waals surface area contributed by atoms with Crippen molar-refractivity contribution < 1.29 is 18.7 Å². The third kappa shape index (κ3) is 5.00. The number of aromatic nitrogens is 1. The number of ether oxygens (including phenoxy) is 1. The van der Waals surface area contributed by atoms with Crippen LogP contribution in [0.4, 0.5) is 0 Å². The lowest BCUT2D eigenvalue weighted by molar-refractivity contribution is -0.123. The van der Waals surface area contributed by atoms with Crippen LogP contribution in [0.25, 0.3) is 17.0 Å². The number of nitrogens with one attached hydrogen (secondary N) is 1. The number of carbonyl (C=O) groups excluding carboxylic acids is 2. The average Bonchev–Trinajstić information content (AvgIpc) is 3.60. The molecule has 1 atom stereocenters. The predicted octanol–water partition coefficient (Wildman–Crippen LogP) is 4.69. The van der Waals surface area contributed by atoms with E-state index >= 15 is 0 Å². The first kappa shape index (κ1) is 23.3. The van der Waals surface area contributed by atoms with Gasteiger partial charge in [0.25, 0.3) is 5.91 Å². The van der Waals surface area contributed by atoms with Crippen molar-refractivity contribution in [3.05, 3.63) is 63.5 Å². The molecule has 2 saturated heterocycles. The van der Waals surface area contributed by atoms with Crippen LogP contribution in [0.5, 0.6) is 0 Å². The van der Waals surface area contributed by atoms with Gasteiger partial charge in [-0.3, -0.25) is 14.5 Å². The molecule has 0 unspecified atom stereocenters. The number of nitrogens with zero attached hydrogens (tertiary/aromatic N) is 2. The molecule has 4 heterocycles. The fourth-order valence-corrected chi connectivity index (χ4v) is 5.73. The summed E-state index contributed by atoms with van der Waals surface area (Å²) in [4.78, 5) is 27.8. The molecule has 5 rings (SSSR count). The minimum atomic E-state index is -0.156. The molecule has 0 bridgehead atoms. The van der Waals surface area contributed by atoms with E-state index < -0.39 is 0 Å². The second-order valence-electron chi connectivity index (χ2n) is 8.16. The highest BCUT2D eigenvalue weighted by Crippen LogP contribution is 2.35. The highest BCUT2D eigenvalue weighted by Gasteiger charge is 2.33. The molecule has 3 aromatic rings. The Bertz CT molecular complexity index is 1280. The average molecular weight is 560 g/mol. The second-order valence-corrected chi connectivity index (χ2v) is 10.8. The zero-order chi connectivity index (χ0) is 23.7. The third-order valence-corrected chi connectivity index (χ3v) is 7.66. The van der Waals surface area contributed by atoms with Crippen molar-refractivity contribution in [2.45, 2.75) is 32.0 Å². The van der Waals surface area contributed by atoms with Crippen LogP contribution in [0, 0.1) is 0 Å². The van der Waals surface area contributed by atoms with Gasteiger partial charge in [-0.15, -0.1) is 0 Å². The summed E-state index contributed by atoms with van der Waals surface area (Å²) in [7, 11) is 0. The van der Waals surface area contributed by atoms with E-state index in [0.29, 0.717) is 28.1 Å². The van der Waals surface area contributed by atoms with E-state index in [0.717, 1.165) is 40.4 Å². The number of hydrogen-bond donors (Lipinski definition) is 1. The lowest BCUT2D eigenvalue weighted by atomic mass is 10.1. The molecule has 34 heavy (non-hydrogen) atoms. The molecule has 1 N–H and O–H groups in total. The molecule has 2 fully saturated rings. The summed E-state index contributed by atoms with van der Waals surface area (Å²) in [5.74, 6) is 0.440. The number of thiocarbonyl (C=S) groups is 1. The molecular weight excluding hydrogens is 538 g/mol. The predicted molar refractivity (Wildman–Crippen MR) is 139 cm³/mol. The van der Waals surface area contributed by atoms with Crippen molar-refractivity contribution in [1.82, 2.24) is 14.8 Å². The van der Waals surface area contributed by atoms with E-state index in [4.69, 9.17) is 21.4 Å². The molecule has 0 aliphatic carbocycles. The fourth-order valence-electron chi connectivity index (χ4n) is 4.12. The zero-order valence-electron chi connectivity index (χ0n) is 18.2. The van der Waals surface area contributed by atoms with Gasteiger partial charge < -0.3 is 19.0 Å². The van der Waals surface area contributed by atoms with E-state index in [-0.39, 0.29) is 24.5 Å². The van der Waals surface area contributed by atoms with Crippen molar-refractivity contribution >= 4 is 73.0 Å². The van der Waals surface area contributed by atoms with Gasteiger partial charge in [-0.25, -0.2) is 0 Å². The first-order valence-electron chi connectivity index (χ1n) is 10.9. The lowest BCUT2D eigenvalue weighted by Gasteiger charge is -2.11. The highest BCUT2D eigenvalue weighted by molar-refractivity contribution is 9.10. The standard InChI is InChI=1S/C24H22BrN3O4S2/c25-16-5-6-20-19(10-16)15(12-27(20)14-22(29)26-11-17-3-1-7-31-17)9-21-23(30)28(24(33)34-21)13-18-4-2-8-32-18/h2,4-6,8-10,12,17H,1,3,7,11,13-14H2,(H,26,29)/b21-9-/t17-/m0/s1. The quantitative estimate of drug-likeness (QED) is 0.334. The molecule has 2 amide bonds. The molecule has 2 aliphatic rings. The second kappa shape index (κ2) is 10.1. The van der Waals surface area contributed by atoms with Crippen LogP contribution in [0.2, 0.25) is 0 Å². The molecule has 0 radical (unpaired) electrons. The van der Waals surface area contributed by atoms with Gasteiger partial charge in [-0.1, -0.05) is 39.9 Å². The minimum absolute atomic E-state index is 0.0772. The third-order valence-electron chi connectivity index (χ3n) is 5.79. The number of thioether (sulfide) groups is 1. The van der Waals surface area contributed by atoms with Gasteiger partial charge in [0.1, 0.15) is 16.6 Å². The van der Waals surface area contributed by atoms with Gasteiger partial charge in [-0.2, -0.15) is 0 Å². The summed E-state index contributed by atoms with van der Waals surface area (Å²) < 4.78 is 14.3. The zero-order valence-corrected chi connectivity index (χ0v) is 21.4. The number of carbonyl (C=O) groups is 2. The van der Waals surface area contributed by atoms with Crippen molar-refractivity contribution in [2.75, 3.05) is 13.2 Å². The Morgan fingerprint density at radius 2 is 2.24 bits per heavy atom. The van der Waals surface area contributed by atoms with E-state index in [2.05, 4.69) is 21.2 Å². The van der Waals surface area contributed by atoms with Gasteiger partial charge in [0, 0.05) is 40.3 Å². The molecule has 1 aromatic carbocycles. The molecule has 7 nitrogen and oxygen atoms in total. The largest absolute Gasteiger partial charge is 0.467 e. The van der Waals surface area contributed by atoms with Gasteiger partial charge in [0.05, 0.1) is 23.8 Å². The minimum Gasteiger partial charge on any atom is -0.467 e. The maximum absolute atomic E-state index is 13.1. The van der Waals surface area contributed by atoms with Crippen LogP contribution in [-0.4, -0.2) is 44.9 Å². The van der Waals surface area contributed by atoms with Gasteiger partial charge in [0.15, 0.2) is 0 Å². The van der Waals surface area contributed by atoms with Crippen LogP contribution >= 0.6 is 39.9 Å². The van der Waals surface area contributed by atoms with Crippen molar-refractivity contribution in [3.63, 3.8) is 0 Å². The van der Waals surface area contributed by atoms with E-state index in [1.54, 1.807) is 12.3 Å². The number of halogens is 1. The Hall–Kier alpha value is -2.40. The Kier molecular flexibility index (Phi) is 6.91. The van der Waals surface area contributed by atoms with Crippen LogP contribution in [-0.2, 0) is 27.4 Å². The van der Waals surface area contributed by atoms with Crippen molar-refractivity contribution in [2.24, 2.45) is 0 Å². The first-order valence-corrected chi connectivity index (χ1v) is 12.9. The van der Waals surface area contributed by atoms with Crippen LogP contribution in [0.15, 0.2) is 56.6 Å². The van der Waals surface area contributed by atoms with E-state index in [1.807, 2.05) is 41.1 Å². The molecule has 10 heteroatoms. The Morgan fingerprint density at radius 3 is 3.00 bits per heavy atom. The van der Waals surface area contributed by atoms with E-state index in [1.165, 1.54) is 16.7 Å². The number of rotatable bonds is 7. The maximum atomic E-state index is 13.1. The maximum Gasteiger partial charge on any atom is 0.266 e. The number of furan rings is 1. The van der Waals surface area contributed by atoms with Crippen LogP contribution in [0.3, 0.4) is 0 Å². The smallest absolute Gasteiger partial charge is 0.266 e. The Morgan fingerprint density at radius 1 is 1.35 bits per heavy atom.